The normalized spacial score (nSPS) is 20.2. The first-order valence-electron chi connectivity index (χ1n) is 17.7. The molecular weight excluding hydrogens is 738 g/mol. The molecule has 3 aromatic rings. The molecule has 294 valence electrons. The van der Waals surface area contributed by atoms with Crippen molar-refractivity contribution < 1.29 is 46.0 Å². The van der Waals surface area contributed by atoms with Gasteiger partial charge in [-0.25, -0.2) is 28.1 Å². The second-order valence-electron chi connectivity index (χ2n) is 14.3. The van der Waals surface area contributed by atoms with E-state index in [1.54, 1.807) is 4.90 Å². The van der Waals surface area contributed by atoms with Gasteiger partial charge in [0.25, 0.3) is 0 Å². The largest absolute Gasteiger partial charge is 0.477 e. The summed E-state index contributed by atoms with van der Waals surface area (Å²) in [7, 11) is 0.873. The van der Waals surface area contributed by atoms with E-state index < -0.39 is 35.5 Å². The van der Waals surface area contributed by atoms with Crippen molar-refractivity contribution in [3.8, 4) is 5.75 Å². The fourth-order valence-electron chi connectivity index (χ4n) is 7.50. The van der Waals surface area contributed by atoms with Crippen molar-refractivity contribution in [2.24, 2.45) is 12.5 Å². The van der Waals surface area contributed by atoms with Gasteiger partial charge in [-0.05, 0) is 67.7 Å². The molecule has 4 aliphatic rings. The first-order chi connectivity index (χ1) is 25.6. The standard InChI is InChI=1S/C31H39F2N9O4S.C3H4F2O2/c1-39-25-13-20(3-4-24(25)27(38-39)42-11-7-26(43)37-30(42)44)21-14-31(15-21)18-40(19-31)8-2-12-47(45)41-9-5-22(6-10-41)36-29-34-16-23(17-35-29)46-28(32)33;1-3(4,5)2(6)7/h3-4,13,16-17,21-22,28H,2,5-12,14-15,18-19H2,1H3,(H,34,35,36)(H,37,43,44);1H3,(H,6,7). The van der Waals surface area contributed by atoms with Crippen molar-refractivity contribution >= 4 is 51.6 Å². The molecule has 1 unspecified atom stereocenters. The minimum absolute atomic E-state index is 0.0802. The van der Waals surface area contributed by atoms with Crippen LogP contribution in [0.4, 0.5) is 34.1 Å². The number of fused-ring (bicyclic) bond motifs is 1. The molecule has 7 rings (SSSR count). The number of urea groups is 1. The number of alkyl halides is 4. The molecule has 3 N–H and O–H groups in total. The molecule has 1 aromatic carbocycles. The van der Waals surface area contributed by atoms with E-state index in [4.69, 9.17) is 5.11 Å². The van der Waals surface area contributed by atoms with Gasteiger partial charge in [0.05, 0.1) is 28.9 Å². The lowest BCUT2D eigenvalue weighted by Gasteiger charge is -2.59. The van der Waals surface area contributed by atoms with Crippen molar-refractivity contribution in [1.82, 2.24) is 34.3 Å². The number of nitrogens with zero attached hydrogens (tertiary/aromatic N) is 7. The highest BCUT2D eigenvalue weighted by Gasteiger charge is 2.52. The highest BCUT2D eigenvalue weighted by molar-refractivity contribution is 7.82. The minimum Gasteiger partial charge on any atom is -0.477 e. The Morgan fingerprint density at radius 2 is 1.81 bits per heavy atom. The highest BCUT2D eigenvalue weighted by Crippen LogP contribution is 2.56. The number of rotatable bonds is 12. The Kier molecular flexibility index (Phi) is 11.7. The number of anilines is 2. The molecule has 15 nitrogen and oxygen atoms in total. The van der Waals surface area contributed by atoms with Crippen LogP contribution < -0.4 is 20.3 Å². The number of carbonyl (C=O) groups excluding carboxylic acids is 2. The predicted octanol–water partition coefficient (Wildman–Crippen LogP) is 3.95. The van der Waals surface area contributed by atoms with Crippen LogP contribution in [0, 0.1) is 5.41 Å². The molecular formula is C34H43F4N9O6S. The van der Waals surface area contributed by atoms with E-state index in [1.165, 1.54) is 18.0 Å². The molecule has 3 aliphatic heterocycles. The monoisotopic (exact) mass is 781 g/mol. The van der Waals surface area contributed by atoms with Crippen LogP contribution in [0.15, 0.2) is 30.6 Å². The van der Waals surface area contributed by atoms with Gasteiger partial charge in [0.2, 0.25) is 11.9 Å². The summed E-state index contributed by atoms with van der Waals surface area (Å²) in [6.07, 6.45) is 7.51. The third kappa shape index (κ3) is 9.26. The van der Waals surface area contributed by atoms with Crippen LogP contribution in [0.2, 0.25) is 0 Å². The molecule has 20 heteroatoms. The summed E-state index contributed by atoms with van der Waals surface area (Å²) >= 11 is 0. The van der Waals surface area contributed by atoms with Crippen molar-refractivity contribution in [2.75, 3.05) is 55.2 Å². The summed E-state index contributed by atoms with van der Waals surface area (Å²) in [5.74, 6) is -3.90. The summed E-state index contributed by atoms with van der Waals surface area (Å²) in [5.41, 5.74) is 2.66. The molecule has 4 fully saturated rings. The SMILES string of the molecule is CC(F)(F)C(=O)O.Cn1nc(N2CCC(=O)NC2=O)c2ccc(C3CC4(C3)CN(CCCS(=O)N3CCC(Nc5ncc(OC(F)F)cn5)CC3)C4)cc21. The van der Waals surface area contributed by atoms with Crippen LogP contribution in [0.5, 0.6) is 5.75 Å². The fourth-order valence-corrected chi connectivity index (χ4v) is 8.75. The van der Waals surface area contributed by atoms with E-state index in [-0.39, 0.29) is 24.1 Å². The summed E-state index contributed by atoms with van der Waals surface area (Å²) in [5, 5.41) is 18.6. The maximum atomic E-state index is 13.0. The molecule has 1 aliphatic carbocycles. The number of piperidine rings is 1. The number of aliphatic carboxylic acids is 1. The van der Waals surface area contributed by atoms with E-state index >= 15 is 0 Å². The van der Waals surface area contributed by atoms with Gasteiger partial charge in [-0.3, -0.25) is 19.7 Å². The first-order valence-corrected chi connectivity index (χ1v) is 19.0. The number of ether oxygens (including phenoxy) is 1. The number of carboxylic acid groups (broad SMARTS) is 1. The molecule has 1 atom stereocenters. The summed E-state index contributed by atoms with van der Waals surface area (Å²) in [6.45, 7) is 2.31. The van der Waals surface area contributed by atoms with Crippen molar-refractivity contribution in [3.63, 3.8) is 0 Å². The lowest BCUT2D eigenvalue weighted by atomic mass is 9.56. The molecule has 54 heavy (non-hydrogen) atoms. The van der Waals surface area contributed by atoms with Gasteiger partial charge < -0.3 is 20.1 Å². The second kappa shape index (κ2) is 16.1. The number of halogens is 4. The van der Waals surface area contributed by atoms with Crippen molar-refractivity contribution in [2.45, 2.75) is 69.9 Å². The Bertz CT molecular complexity index is 1860. The van der Waals surface area contributed by atoms with E-state index in [0.29, 0.717) is 55.4 Å². The molecule has 1 saturated carbocycles. The summed E-state index contributed by atoms with van der Waals surface area (Å²) in [6, 6.07) is 6.11. The minimum atomic E-state index is -3.58. The number of aromatic nitrogens is 4. The number of amides is 3. The quantitative estimate of drug-likeness (QED) is 0.227. The maximum absolute atomic E-state index is 13.0. The Morgan fingerprint density at radius 3 is 2.43 bits per heavy atom. The molecule has 3 amide bonds. The average molecular weight is 782 g/mol. The summed E-state index contributed by atoms with van der Waals surface area (Å²) < 4.78 is 68.2. The smallest absolute Gasteiger partial charge is 0.387 e. The zero-order chi connectivity index (χ0) is 38.8. The number of benzene rings is 1. The van der Waals surface area contributed by atoms with Gasteiger partial charge in [0.1, 0.15) is 0 Å². The number of imide groups is 1. The number of hydrogen-bond acceptors (Lipinski definition) is 10. The lowest BCUT2D eigenvalue weighted by molar-refractivity contribution is -0.161. The Balaban J connectivity index is 0.000000649. The van der Waals surface area contributed by atoms with Crippen LogP contribution in [0.3, 0.4) is 0 Å². The summed E-state index contributed by atoms with van der Waals surface area (Å²) in [4.78, 5) is 45.3. The average Bonchev–Trinajstić information content (AvgIpc) is 3.40. The van der Waals surface area contributed by atoms with Crippen molar-refractivity contribution in [3.05, 3.63) is 36.2 Å². The Morgan fingerprint density at radius 1 is 1.15 bits per heavy atom. The van der Waals surface area contributed by atoms with Gasteiger partial charge >= 0.3 is 24.5 Å². The third-order valence-corrected chi connectivity index (χ3v) is 11.8. The van der Waals surface area contributed by atoms with Crippen LogP contribution in [-0.2, 0) is 27.6 Å². The number of likely N-dealkylation sites (tertiary alicyclic amines) is 1. The number of aryl methyl sites for hydroxylation is 1. The van der Waals surface area contributed by atoms with Gasteiger partial charge in [-0.1, -0.05) is 6.07 Å². The third-order valence-electron chi connectivity index (χ3n) is 10.2. The predicted molar refractivity (Wildman–Crippen MR) is 190 cm³/mol. The van der Waals surface area contributed by atoms with Crippen LogP contribution >= 0.6 is 0 Å². The zero-order valence-corrected chi connectivity index (χ0v) is 30.7. The fraction of sp³-hybridized carbons (Fsp3) is 0.588. The molecule has 0 radical (unpaired) electrons. The van der Waals surface area contributed by atoms with Gasteiger partial charge in [-0.2, -0.15) is 22.7 Å². The number of carboxylic acids is 1. The van der Waals surface area contributed by atoms with Crippen LogP contribution in [0.1, 0.15) is 56.9 Å². The van der Waals surface area contributed by atoms with Gasteiger partial charge in [0, 0.05) is 70.3 Å². The molecule has 5 heterocycles. The Hall–Kier alpha value is -4.43. The zero-order valence-electron chi connectivity index (χ0n) is 29.9. The second-order valence-corrected chi connectivity index (χ2v) is 15.9. The highest BCUT2D eigenvalue weighted by atomic mass is 32.2. The number of hydrogen-bond donors (Lipinski definition) is 3. The molecule has 0 bridgehead atoms. The molecule has 3 saturated heterocycles. The number of carbonyl (C=O) groups is 3. The Labute approximate surface area is 311 Å². The molecule has 1 spiro atoms. The van der Waals surface area contributed by atoms with Crippen LogP contribution in [-0.4, -0.2) is 120 Å². The van der Waals surface area contributed by atoms with E-state index in [2.05, 4.69) is 53.5 Å². The lowest BCUT2D eigenvalue weighted by Crippen LogP contribution is -2.61. The van der Waals surface area contributed by atoms with Crippen molar-refractivity contribution in [1.29, 1.82) is 0 Å². The number of nitrogens with one attached hydrogen (secondary N) is 2. The van der Waals surface area contributed by atoms with Gasteiger partial charge in [0.15, 0.2) is 11.6 Å². The van der Waals surface area contributed by atoms with E-state index in [0.717, 1.165) is 62.6 Å². The topological polar surface area (TPSA) is 175 Å². The van der Waals surface area contributed by atoms with E-state index in [1.807, 2.05) is 16.0 Å². The maximum Gasteiger partial charge on any atom is 0.387 e. The van der Waals surface area contributed by atoms with Crippen LogP contribution in [0.25, 0.3) is 10.9 Å². The van der Waals surface area contributed by atoms with E-state index in [9.17, 15) is 36.2 Å². The van der Waals surface area contributed by atoms with Gasteiger partial charge in [-0.15, -0.1) is 0 Å². The molecule has 2 aromatic heterocycles. The first kappa shape index (κ1) is 39.3.